The van der Waals surface area contributed by atoms with Gasteiger partial charge in [0, 0.05) is 13.0 Å². The van der Waals surface area contributed by atoms with Crippen molar-refractivity contribution in [2.45, 2.75) is 110 Å². The second-order valence-corrected chi connectivity index (χ2v) is 12.0. The van der Waals surface area contributed by atoms with Crippen LogP contribution in [0.15, 0.2) is 0 Å². The second kappa shape index (κ2) is 16.8. The van der Waals surface area contributed by atoms with Crippen LogP contribution in [0.5, 0.6) is 0 Å². The van der Waals surface area contributed by atoms with Gasteiger partial charge in [0.25, 0.3) is 0 Å². The van der Waals surface area contributed by atoms with Crippen LogP contribution >= 0.6 is 0 Å². The van der Waals surface area contributed by atoms with Crippen LogP contribution in [0.2, 0.25) is 0 Å². The molecular weight excluding hydrogens is 564 g/mol. The van der Waals surface area contributed by atoms with Gasteiger partial charge in [0.05, 0.1) is 6.04 Å². The Bertz CT molecular complexity index is 1050. The fraction of sp³-hybridized carbons (Fsp3) is 0.750. The third-order valence-corrected chi connectivity index (χ3v) is 7.30. The SMILES string of the molecule is CC(C)[C@H](NC(=O)[C@@H](N)CCC(=O)O)C(=O)N[C@H](C(=O)N1CCC[C@H]1C(=O)N[C@H](C(=O)N[C@@H](C)C(=O)O)C(C)C)C(C)C. The molecule has 15 nitrogen and oxygen atoms in total. The monoisotopic (exact) mass is 612 g/mol. The van der Waals surface area contributed by atoms with E-state index in [1.54, 1.807) is 41.5 Å². The van der Waals surface area contributed by atoms with Gasteiger partial charge in [0.15, 0.2) is 0 Å². The van der Waals surface area contributed by atoms with E-state index in [0.29, 0.717) is 12.8 Å². The van der Waals surface area contributed by atoms with E-state index in [4.69, 9.17) is 15.9 Å². The van der Waals surface area contributed by atoms with Crippen LogP contribution in [0.1, 0.15) is 74.1 Å². The Morgan fingerprint density at radius 3 is 1.72 bits per heavy atom. The van der Waals surface area contributed by atoms with Gasteiger partial charge >= 0.3 is 11.9 Å². The quantitative estimate of drug-likeness (QED) is 0.114. The number of carbonyl (C=O) groups excluding carboxylic acids is 5. The molecule has 0 aromatic carbocycles. The number of hydrogen-bond acceptors (Lipinski definition) is 8. The number of aliphatic carboxylic acids is 2. The number of rotatable bonds is 16. The Kier molecular flexibility index (Phi) is 14.5. The maximum Gasteiger partial charge on any atom is 0.325 e. The Labute approximate surface area is 252 Å². The molecule has 1 saturated heterocycles. The minimum Gasteiger partial charge on any atom is -0.481 e. The predicted octanol–water partition coefficient (Wildman–Crippen LogP) is -0.819. The van der Waals surface area contributed by atoms with Gasteiger partial charge in [0.2, 0.25) is 29.5 Å². The topological polar surface area (TPSA) is 237 Å². The Morgan fingerprint density at radius 1 is 0.744 bits per heavy atom. The lowest BCUT2D eigenvalue weighted by Gasteiger charge is -2.33. The molecule has 6 atom stereocenters. The molecule has 1 fully saturated rings. The highest BCUT2D eigenvalue weighted by atomic mass is 16.4. The Balaban J connectivity index is 3.05. The third kappa shape index (κ3) is 11.1. The van der Waals surface area contributed by atoms with E-state index >= 15 is 0 Å². The zero-order valence-electron chi connectivity index (χ0n) is 26.0. The highest BCUT2D eigenvalue weighted by molar-refractivity contribution is 5.96. The van der Waals surface area contributed by atoms with Crippen LogP contribution < -0.4 is 27.0 Å². The minimum atomic E-state index is -1.23. The van der Waals surface area contributed by atoms with Crippen molar-refractivity contribution in [3.05, 3.63) is 0 Å². The second-order valence-electron chi connectivity index (χ2n) is 12.0. The molecule has 0 bridgehead atoms. The lowest BCUT2D eigenvalue weighted by Crippen LogP contribution is -2.61. The molecule has 5 amide bonds. The number of amides is 5. The number of nitrogens with one attached hydrogen (secondary N) is 4. The number of likely N-dealkylation sites (tertiary alicyclic amines) is 1. The van der Waals surface area contributed by atoms with E-state index in [1.165, 1.54) is 11.8 Å². The number of nitrogens with zero attached hydrogens (tertiary/aromatic N) is 1. The van der Waals surface area contributed by atoms with Crippen molar-refractivity contribution in [2.75, 3.05) is 6.54 Å². The summed E-state index contributed by atoms with van der Waals surface area (Å²) in [5.41, 5.74) is 5.79. The van der Waals surface area contributed by atoms with E-state index < -0.39 is 89.6 Å². The van der Waals surface area contributed by atoms with Crippen molar-refractivity contribution in [1.29, 1.82) is 0 Å². The summed E-state index contributed by atoms with van der Waals surface area (Å²) >= 11 is 0. The standard InChI is InChI=1S/C28H48N6O9/c1-13(2)20(25(39)30-16(7)28(42)43)32-24(38)18-9-8-12-34(18)27(41)22(15(5)6)33-26(40)21(14(3)4)31-23(37)17(29)10-11-19(35)36/h13-18,20-22H,8-12,29H2,1-7H3,(H,30,39)(H,31,37)(H,32,38)(H,33,40)(H,35,36)(H,42,43)/t16-,17-,18-,20-,21-,22-/m0/s1. The van der Waals surface area contributed by atoms with Crippen molar-refractivity contribution < 1.29 is 43.8 Å². The maximum atomic E-state index is 13.7. The maximum absolute atomic E-state index is 13.7. The van der Waals surface area contributed by atoms with Crippen molar-refractivity contribution >= 4 is 41.5 Å². The number of carboxylic acid groups (broad SMARTS) is 2. The highest BCUT2D eigenvalue weighted by Crippen LogP contribution is 2.21. The molecule has 0 aliphatic carbocycles. The lowest BCUT2D eigenvalue weighted by molar-refractivity contribution is -0.144. The van der Waals surface area contributed by atoms with Crippen LogP contribution in [0.4, 0.5) is 0 Å². The summed E-state index contributed by atoms with van der Waals surface area (Å²) in [6, 6.07) is -6.35. The van der Waals surface area contributed by atoms with Crippen molar-refractivity contribution in [3.63, 3.8) is 0 Å². The molecular formula is C28H48N6O9. The van der Waals surface area contributed by atoms with E-state index in [2.05, 4.69) is 21.3 Å². The van der Waals surface area contributed by atoms with Gasteiger partial charge in [-0.05, 0) is 43.9 Å². The van der Waals surface area contributed by atoms with Crippen LogP contribution in [0, 0.1) is 17.8 Å². The molecule has 0 radical (unpaired) electrons. The normalized spacial score (nSPS) is 18.4. The minimum absolute atomic E-state index is 0.114. The smallest absolute Gasteiger partial charge is 0.325 e. The van der Waals surface area contributed by atoms with Crippen LogP contribution in [-0.2, 0) is 33.6 Å². The van der Waals surface area contributed by atoms with Crippen LogP contribution in [-0.4, -0.2) is 99.4 Å². The first-order chi connectivity index (χ1) is 19.9. The molecule has 1 rings (SSSR count). The summed E-state index contributed by atoms with van der Waals surface area (Å²) in [4.78, 5) is 88.9. The number of carbonyl (C=O) groups is 7. The zero-order chi connectivity index (χ0) is 33.2. The van der Waals surface area contributed by atoms with Gasteiger partial charge in [-0.3, -0.25) is 33.6 Å². The molecule has 244 valence electrons. The number of nitrogens with two attached hydrogens (primary N) is 1. The molecule has 0 aromatic rings. The summed E-state index contributed by atoms with van der Waals surface area (Å²) in [5.74, 6) is -6.56. The summed E-state index contributed by atoms with van der Waals surface area (Å²) in [5, 5.41) is 28.2. The fourth-order valence-electron chi connectivity index (χ4n) is 4.59. The molecule has 1 heterocycles. The molecule has 0 spiro atoms. The summed E-state index contributed by atoms with van der Waals surface area (Å²) in [6.45, 7) is 11.8. The van der Waals surface area contributed by atoms with Crippen LogP contribution in [0.3, 0.4) is 0 Å². The van der Waals surface area contributed by atoms with Crippen LogP contribution in [0.25, 0.3) is 0 Å². The van der Waals surface area contributed by atoms with Gasteiger partial charge in [-0.2, -0.15) is 0 Å². The third-order valence-electron chi connectivity index (χ3n) is 7.30. The van der Waals surface area contributed by atoms with E-state index in [0.717, 1.165) is 0 Å². The van der Waals surface area contributed by atoms with Gasteiger partial charge in [-0.1, -0.05) is 41.5 Å². The summed E-state index contributed by atoms with van der Waals surface area (Å²) in [7, 11) is 0. The highest BCUT2D eigenvalue weighted by Gasteiger charge is 2.41. The molecule has 1 aliphatic heterocycles. The fourth-order valence-corrected chi connectivity index (χ4v) is 4.59. The average molecular weight is 613 g/mol. The molecule has 0 aromatic heterocycles. The average Bonchev–Trinajstić information content (AvgIpc) is 3.40. The van der Waals surface area contributed by atoms with Gasteiger partial charge < -0.3 is 42.1 Å². The number of carboxylic acids is 2. The van der Waals surface area contributed by atoms with Gasteiger partial charge in [-0.25, -0.2) is 0 Å². The molecule has 1 aliphatic rings. The number of hydrogen-bond donors (Lipinski definition) is 7. The molecule has 15 heteroatoms. The van der Waals surface area contributed by atoms with Gasteiger partial charge in [-0.15, -0.1) is 0 Å². The summed E-state index contributed by atoms with van der Waals surface area (Å²) < 4.78 is 0. The Hall–Kier alpha value is -3.75. The first-order valence-corrected chi connectivity index (χ1v) is 14.6. The predicted molar refractivity (Wildman–Crippen MR) is 155 cm³/mol. The lowest BCUT2D eigenvalue weighted by atomic mass is 9.98. The van der Waals surface area contributed by atoms with Crippen molar-refractivity contribution in [2.24, 2.45) is 23.5 Å². The largest absolute Gasteiger partial charge is 0.481 e. The molecule has 43 heavy (non-hydrogen) atoms. The van der Waals surface area contributed by atoms with E-state index in [-0.39, 0.29) is 25.3 Å². The Morgan fingerprint density at radius 2 is 1.23 bits per heavy atom. The van der Waals surface area contributed by atoms with E-state index in [1.807, 2.05) is 0 Å². The molecule has 8 N–H and O–H groups in total. The zero-order valence-corrected chi connectivity index (χ0v) is 26.0. The van der Waals surface area contributed by atoms with Crippen molar-refractivity contribution in [3.8, 4) is 0 Å². The van der Waals surface area contributed by atoms with Crippen molar-refractivity contribution in [1.82, 2.24) is 26.2 Å². The molecule has 0 saturated carbocycles. The molecule has 0 unspecified atom stereocenters. The first-order valence-electron chi connectivity index (χ1n) is 14.6. The summed E-state index contributed by atoms with van der Waals surface area (Å²) in [6.07, 6.45) is 0.409. The van der Waals surface area contributed by atoms with E-state index in [9.17, 15) is 33.6 Å². The van der Waals surface area contributed by atoms with Gasteiger partial charge in [0.1, 0.15) is 30.2 Å². The first kappa shape index (κ1) is 37.3.